The van der Waals surface area contributed by atoms with Gasteiger partial charge in [-0.15, -0.1) is 6.42 Å². The summed E-state index contributed by atoms with van der Waals surface area (Å²) in [5.74, 6) is 0.805. The van der Waals surface area contributed by atoms with E-state index in [4.69, 9.17) is 26.4 Å². The standard InChI is InChI=1S/C19H22FN5O6/c1-5-7-24-11-8-22-18(21)23-16(11)25(19(24)28)17-15(30-10(4)27)13(20)14(31-17)12(6-2)29-9(3)26/h1,8,12-15,17H,6-7H2,2-4H3,(H2,21,22,23)/t12?,13-,14+,15+,17+/m0/s1. The quantitative estimate of drug-likeness (QED) is 0.501. The largest absolute Gasteiger partial charge is 0.460 e. The second kappa shape index (κ2) is 8.73. The number of fused-ring (bicyclic) bond motifs is 1. The van der Waals surface area contributed by atoms with Gasteiger partial charge in [-0.05, 0) is 6.42 Å². The van der Waals surface area contributed by atoms with E-state index in [0.717, 1.165) is 11.5 Å². The van der Waals surface area contributed by atoms with Crippen LogP contribution in [0.15, 0.2) is 11.0 Å². The van der Waals surface area contributed by atoms with Gasteiger partial charge in [0.15, 0.2) is 24.2 Å². The van der Waals surface area contributed by atoms with E-state index in [9.17, 15) is 14.4 Å². The van der Waals surface area contributed by atoms with Gasteiger partial charge in [0.1, 0.15) is 17.7 Å². The molecule has 0 bridgehead atoms. The summed E-state index contributed by atoms with van der Waals surface area (Å²) in [5, 5.41) is 0. The van der Waals surface area contributed by atoms with Gasteiger partial charge in [0, 0.05) is 13.8 Å². The molecule has 0 aliphatic carbocycles. The van der Waals surface area contributed by atoms with Crippen LogP contribution in [0.1, 0.15) is 33.4 Å². The predicted molar refractivity (Wildman–Crippen MR) is 105 cm³/mol. The predicted octanol–water partition coefficient (Wildman–Crippen LogP) is 0.317. The summed E-state index contributed by atoms with van der Waals surface area (Å²) in [5.41, 5.74) is 5.27. The number of terminal acetylenes is 1. The maximum absolute atomic E-state index is 15.4. The molecule has 31 heavy (non-hydrogen) atoms. The van der Waals surface area contributed by atoms with Crippen molar-refractivity contribution in [3.8, 4) is 12.3 Å². The van der Waals surface area contributed by atoms with Crippen molar-refractivity contribution in [2.75, 3.05) is 5.73 Å². The van der Waals surface area contributed by atoms with Crippen molar-refractivity contribution in [1.82, 2.24) is 19.1 Å². The highest BCUT2D eigenvalue weighted by atomic mass is 19.1. The van der Waals surface area contributed by atoms with Gasteiger partial charge in [0.05, 0.1) is 12.7 Å². The van der Waals surface area contributed by atoms with E-state index < -0.39 is 48.3 Å². The van der Waals surface area contributed by atoms with Crippen LogP contribution in [0.3, 0.4) is 0 Å². The SMILES string of the molecule is C#CCn1c(=O)n([C@@H]2O[C@H](C(CC)OC(C)=O)[C@H](F)[C@H]2OC(C)=O)c2nc(N)ncc21. The smallest absolute Gasteiger partial charge is 0.333 e. The van der Waals surface area contributed by atoms with Crippen LogP contribution in [0.4, 0.5) is 10.3 Å². The van der Waals surface area contributed by atoms with Gasteiger partial charge in [0.2, 0.25) is 5.95 Å². The summed E-state index contributed by atoms with van der Waals surface area (Å²) >= 11 is 0. The zero-order valence-corrected chi connectivity index (χ0v) is 17.1. The van der Waals surface area contributed by atoms with Gasteiger partial charge >= 0.3 is 17.6 Å². The van der Waals surface area contributed by atoms with Crippen molar-refractivity contribution in [2.45, 2.75) is 64.4 Å². The first-order valence-electron chi connectivity index (χ1n) is 9.50. The van der Waals surface area contributed by atoms with Crippen molar-refractivity contribution in [1.29, 1.82) is 0 Å². The van der Waals surface area contributed by atoms with Gasteiger partial charge < -0.3 is 19.9 Å². The van der Waals surface area contributed by atoms with E-state index in [1.54, 1.807) is 6.92 Å². The molecule has 0 spiro atoms. The second-order valence-corrected chi connectivity index (χ2v) is 6.95. The highest BCUT2D eigenvalue weighted by Crippen LogP contribution is 2.37. The van der Waals surface area contributed by atoms with Crippen LogP contribution in [0.25, 0.3) is 11.2 Å². The summed E-state index contributed by atoms with van der Waals surface area (Å²) < 4.78 is 33.7. The molecule has 3 rings (SSSR count). The molecule has 5 atom stereocenters. The topological polar surface area (TPSA) is 141 Å². The maximum atomic E-state index is 15.4. The number of esters is 2. The molecule has 2 aromatic rings. The number of anilines is 1. The third-order valence-electron chi connectivity index (χ3n) is 4.82. The van der Waals surface area contributed by atoms with Gasteiger partial charge in [0.25, 0.3) is 0 Å². The lowest BCUT2D eigenvalue weighted by molar-refractivity contribution is -0.159. The van der Waals surface area contributed by atoms with Crippen molar-refractivity contribution in [3.63, 3.8) is 0 Å². The Morgan fingerprint density at radius 1 is 1.42 bits per heavy atom. The fraction of sp³-hybridized carbons (Fsp3) is 0.526. The van der Waals surface area contributed by atoms with Gasteiger partial charge in [-0.1, -0.05) is 12.8 Å². The molecular formula is C19H22FN5O6. The number of imidazole rings is 1. The van der Waals surface area contributed by atoms with Crippen molar-refractivity contribution in [3.05, 3.63) is 16.7 Å². The first kappa shape index (κ1) is 22.2. The molecule has 0 saturated carbocycles. The Morgan fingerprint density at radius 3 is 2.71 bits per heavy atom. The number of nitrogens with two attached hydrogens (primary N) is 1. The molecular weight excluding hydrogens is 413 g/mol. The summed E-state index contributed by atoms with van der Waals surface area (Å²) in [7, 11) is 0. The zero-order chi connectivity index (χ0) is 22.9. The molecule has 1 unspecified atom stereocenters. The lowest BCUT2D eigenvalue weighted by Crippen LogP contribution is -2.39. The van der Waals surface area contributed by atoms with Crippen LogP contribution in [0.2, 0.25) is 0 Å². The van der Waals surface area contributed by atoms with Gasteiger partial charge in [-0.2, -0.15) is 4.98 Å². The molecule has 12 heteroatoms. The van der Waals surface area contributed by atoms with Crippen molar-refractivity contribution >= 4 is 29.1 Å². The fourth-order valence-corrected chi connectivity index (χ4v) is 3.61. The number of nitrogens with zero attached hydrogens (tertiary/aromatic N) is 4. The van der Waals surface area contributed by atoms with Crippen LogP contribution in [0.5, 0.6) is 0 Å². The fourth-order valence-electron chi connectivity index (χ4n) is 3.61. The Hall–Kier alpha value is -3.46. The minimum atomic E-state index is -1.89. The molecule has 166 valence electrons. The Labute approximate surface area is 176 Å². The molecule has 2 N–H and O–H groups in total. The molecule has 3 heterocycles. The van der Waals surface area contributed by atoms with Crippen LogP contribution >= 0.6 is 0 Å². The minimum Gasteiger partial charge on any atom is -0.460 e. The first-order valence-corrected chi connectivity index (χ1v) is 9.50. The normalized spacial score (nSPS) is 24.0. The molecule has 1 aliphatic rings. The Kier molecular flexibility index (Phi) is 6.26. The number of nitrogen functional groups attached to an aromatic ring is 1. The third kappa shape index (κ3) is 4.09. The number of carbonyl (C=O) groups excluding carboxylic acids is 2. The summed E-state index contributed by atoms with van der Waals surface area (Å²) in [6.45, 7) is 3.85. The number of ether oxygens (including phenoxy) is 3. The molecule has 1 fully saturated rings. The molecule has 0 radical (unpaired) electrons. The van der Waals surface area contributed by atoms with E-state index in [0.29, 0.717) is 0 Å². The molecule has 11 nitrogen and oxygen atoms in total. The lowest BCUT2D eigenvalue weighted by Gasteiger charge is -2.23. The Balaban J connectivity index is 2.16. The summed E-state index contributed by atoms with van der Waals surface area (Å²) in [4.78, 5) is 44.2. The highest BCUT2D eigenvalue weighted by molar-refractivity contribution is 5.72. The summed E-state index contributed by atoms with van der Waals surface area (Å²) in [6.07, 6.45) is -0.170. The maximum Gasteiger partial charge on any atom is 0.333 e. The first-order chi connectivity index (χ1) is 14.7. The van der Waals surface area contributed by atoms with E-state index in [1.807, 2.05) is 0 Å². The van der Waals surface area contributed by atoms with Crippen LogP contribution in [-0.4, -0.2) is 55.5 Å². The number of alkyl halides is 1. The number of hydrogen-bond acceptors (Lipinski definition) is 9. The molecule has 1 aliphatic heterocycles. The third-order valence-corrected chi connectivity index (χ3v) is 4.82. The van der Waals surface area contributed by atoms with E-state index in [-0.39, 0.29) is 30.1 Å². The van der Waals surface area contributed by atoms with Gasteiger partial charge in [-0.3, -0.25) is 14.2 Å². The Bertz CT molecular complexity index is 1110. The van der Waals surface area contributed by atoms with Crippen LogP contribution < -0.4 is 11.4 Å². The number of aromatic nitrogens is 4. The molecule has 0 aromatic carbocycles. The molecule has 2 aromatic heterocycles. The molecule has 0 amide bonds. The zero-order valence-electron chi connectivity index (χ0n) is 17.1. The van der Waals surface area contributed by atoms with Crippen LogP contribution in [-0.2, 0) is 30.3 Å². The lowest BCUT2D eigenvalue weighted by atomic mass is 10.0. The number of halogens is 1. The highest BCUT2D eigenvalue weighted by Gasteiger charge is 2.53. The summed E-state index contributed by atoms with van der Waals surface area (Å²) in [6, 6.07) is 0. The van der Waals surface area contributed by atoms with E-state index in [2.05, 4.69) is 15.9 Å². The number of carbonyl (C=O) groups is 2. The average Bonchev–Trinajstić information content (AvgIpc) is 3.14. The van der Waals surface area contributed by atoms with Crippen molar-refractivity contribution in [2.24, 2.45) is 0 Å². The van der Waals surface area contributed by atoms with Crippen LogP contribution in [0, 0.1) is 12.3 Å². The van der Waals surface area contributed by atoms with E-state index in [1.165, 1.54) is 17.7 Å². The second-order valence-electron chi connectivity index (χ2n) is 6.95. The monoisotopic (exact) mass is 435 g/mol. The average molecular weight is 435 g/mol. The number of hydrogen-bond donors (Lipinski definition) is 1. The molecule has 1 saturated heterocycles. The Morgan fingerprint density at radius 2 is 2.13 bits per heavy atom. The van der Waals surface area contributed by atoms with E-state index >= 15 is 4.39 Å². The van der Waals surface area contributed by atoms with Crippen molar-refractivity contribution < 1.29 is 28.2 Å². The minimum absolute atomic E-state index is 0.0308. The number of rotatable bonds is 6. The van der Waals surface area contributed by atoms with Gasteiger partial charge in [-0.25, -0.2) is 18.7 Å².